The lowest BCUT2D eigenvalue weighted by Gasteiger charge is -2.29. The third-order valence-corrected chi connectivity index (χ3v) is 7.85. The molecule has 36 heavy (non-hydrogen) atoms. The van der Waals surface area contributed by atoms with E-state index in [1.165, 1.54) is 12.8 Å². The number of halogens is 1. The molecule has 4 aromatic rings. The molecule has 3 heterocycles. The lowest BCUT2D eigenvalue weighted by atomic mass is 10.0. The van der Waals surface area contributed by atoms with Crippen LogP contribution in [0.4, 0.5) is 5.69 Å². The highest BCUT2D eigenvalue weighted by molar-refractivity contribution is 9.10. The van der Waals surface area contributed by atoms with Gasteiger partial charge in [-0.2, -0.15) is 0 Å². The predicted molar refractivity (Wildman–Crippen MR) is 151 cm³/mol. The highest BCUT2D eigenvalue weighted by Gasteiger charge is 2.42. The van der Waals surface area contributed by atoms with Crippen molar-refractivity contribution in [1.29, 1.82) is 0 Å². The molecule has 0 amide bonds. The van der Waals surface area contributed by atoms with Crippen molar-refractivity contribution < 1.29 is 4.74 Å². The Balaban J connectivity index is 1.39. The van der Waals surface area contributed by atoms with Crippen molar-refractivity contribution >= 4 is 38.9 Å². The molecule has 2 atom stereocenters. The number of pyridine rings is 1. The number of benzene rings is 2. The molecule has 0 radical (unpaired) electrons. The van der Waals surface area contributed by atoms with E-state index in [0.29, 0.717) is 11.2 Å². The van der Waals surface area contributed by atoms with E-state index in [0.717, 1.165) is 45.8 Å². The van der Waals surface area contributed by atoms with Gasteiger partial charge in [0.25, 0.3) is 0 Å². The summed E-state index contributed by atoms with van der Waals surface area (Å²) in [5.41, 5.74) is 4.21. The zero-order chi connectivity index (χ0) is 24.5. The lowest BCUT2D eigenvalue weighted by Crippen LogP contribution is -2.30. The van der Waals surface area contributed by atoms with Gasteiger partial charge in [0.2, 0.25) is 0 Å². The fourth-order valence-corrected chi connectivity index (χ4v) is 5.90. The van der Waals surface area contributed by atoms with Gasteiger partial charge in [0.1, 0.15) is 11.8 Å². The average Bonchev–Trinajstić information content (AvgIpc) is 3.66. The Labute approximate surface area is 225 Å². The summed E-state index contributed by atoms with van der Waals surface area (Å²) in [7, 11) is 0. The van der Waals surface area contributed by atoms with E-state index in [4.69, 9.17) is 17.0 Å². The van der Waals surface area contributed by atoms with Crippen LogP contribution in [0.3, 0.4) is 0 Å². The first-order valence-corrected chi connectivity index (χ1v) is 13.6. The highest BCUT2D eigenvalue weighted by atomic mass is 79.9. The van der Waals surface area contributed by atoms with Gasteiger partial charge in [-0.05, 0) is 111 Å². The molecule has 0 spiro atoms. The Morgan fingerprint density at radius 3 is 2.36 bits per heavy atom. The molecule has 1 aliphatic carbocycles. The predicted octanol–water partition coefficient (Wildman–Crippen LogP) is 7.13. The van der Waals surface area contributed by atoms with Crippen molar-refractivity contribution in [3.8, 4) is 11.4 Å². The third-order valence-electron chi connectivity index (χ3n) is 7.01. The molecule has 1 saturated heterocycles. The van der Waals surface area contributed by atoms with Crippen molar-refractivity contribution in [2.45, 2.75) is 43.9 Å². The number of thiocarbonyl (C=S) groups is 1. The summed E-state index contributed by atoms with van der Waals surface area (Å²) in [6.07, 6.45) is 9.07. The SMILES string of the molecule is S=C1N[C@H](c2ccccn2)[C@@H](c2cccn2-c2ccc(Br)cc2)N1c1ccc(OC2CCCC2)cc1. The van der Waals surface area contributed by atoms with Crippen molar-refractivity contribution in [2.24, 2.45) is 0 Å². The van der Waals surface area contributed by atoms with Crippen LogP contribution in [0.15, 0.2) is 95.7 Å². The summed E-state index contributed by atoms with van der Waals surface area (Å²) in [4.78, 5) is 6.89. The van der Waals surface area contributed by atoms with Crippen LogP contribution in [-0.2, 0) is 0 Å². The zero-order valence-electron chi connectivity index (χ0n) is 19.8. The third kappa shape index (κ3) is 4.53. The van der Waals surface area contributed by atoms with Crippen LogP contribution >= 0.6 is 28.1 Å². The van der Waals surface area contributed by atoms with E-state index in [2.05, 4.69) is 109 Å². The van der Waals surface area contributed by atoms with Crippen LogP contribution < -0.4 is 15.0 Å². The van der Waals surface area contributed by atoms with Gasteiger partial charge in [-0.3, -0.25) is 4.98 Å². The first-order valence-electron chi connectivity index (χ1n) is 12.4. The van der Waals surface area contributed by atoms with E-state index >= 15 is 0 Å². The van der Waals surface area contributed by atoms with Crippen LogP contribution in [0.5, 0.6) is 5.75 Å². The quantitative estimate of drug-likeness (QED) is 0.255. The molecular weight excluding hydrogens is 532 g/mol. The monoisotopic (exact) mass is 558 g/mol. The van der Waals surface area contributed by atoms with Crippen molar-refractivity contribution in [1.82, 2.24) is 14.9 Å². The first kappa shape index (κ1) is 23.3. The van der Waals surface area contributed by atoms with E-state index < -0.39 is 0 Å². The molecule has 6 rings (SSSR count). The Morgan fingerprint density at radius 2 is 1.64 bits per heavy atom. The van der Waals surface area contributed by atoms with Gasteiger partial charge >= 0.3 is 0 Å². The topological polar surface area (TPSA) is 42.3 Å². The summed E-state index contributed by atoms with van der Waals surface area (Å²) in [6.45, 7) is 0. The average molecular weight is 560 g/mol. The summed E-state index contributed by atoms with van der Waals surface area (Å²) < 4.78 is 9.49. The molecule has 0 bridgehead atoms. The number of hydrogen-bond donors (Lipinski definition) is 1. The van der Waals surface area contributed by atoms with Crippen LogP contribution in [-0.4, -0.2) is 20.8 Å². The summed E-state index contributed by atoms with van der Waals surface area (Å²) >= 11 is 9.47. The molecule has 2 aromatic carbocycles. The van der Waals surface area contributed by atoms with Gasteiger partial charge in [0, 0.05) is 33.9 Å². The van der Waals surface area contributed by atoms with Crippen LogP contribution in [0.1, 0.15) is 49.2 Å². The van der Waals surface area contributed by atoms with Crippen molar-refractivity contribution in [2.75, 3.05) is 4.90 Å². The molecule has 2 aromatic heterocycles. The first-order chi connectivity index (χ1) is 17.7. The Bertz CT molecular complexity index is 1330. The Morgan fingerprint density at radius 1 is 0.889 bits per heavy atom. The second kappa shape index (κ2) is 10.1. The molecular formula is C29H27BrN4OS. The maximum Gasteiger partial charge on any atom is 0.174 e. The number of anilines is 1. The lowest BCUT2D eigenvalue weighted by molar-refractivity contribution is 0.210. The van der Waals surface area contributed by atoms with E-state index in [1.807, 2.05) is 18.3 Å². The Hall–Kier alpha value is -3.16. The minimum atomic E-state index is -0.0998. The molecule has 0 unspecified atom stereocenters. The second-order valence-corrected chi connectivity index (χ2v) is 10.6. The number of hydrogen-bond acceptors (Lipinski definition) is 3. The maximum absolute atomic E-state index is 6.21. The van der Waals surface area contributed by atoms with Crippen molar-refractivity contribution in [3.63, 3.8) is 0 Å². The summed E-state index contributed by atoms with van der Waals surface area (Å²) in [5.74, 6) is 0.916. The van der Waals surface area contributed by atoms with E-state index in [9.17, 15) is 0 Å². The minimum Gasteiger partial charge on any atom is -0.490 e. The van der Waals surface area contributed by atoms with Gasteiger partial charge in [0.15, 0.2) is 5.11 Å². The number of aromatic nitrogens is 2. The summed E-state index contributed by atoms with van der Waals surface area (Å²) in [5, 5.41) is 4.24. The fourth-order valence-electron chi connectivity index (χ4n) is 5.29. The molecule has 182 valence electrons. The van der Waals surface area contributed by atoms with Gasteiger partial charge in [0.05, 0.1) is 17.8 Å². The normalized spacial score (nSPS) is 20.0. The summed E-state index contributed by atoms with van der Waals surface area (Å²) in [6, 6.07) is 26.8. The van der Waals surface area contributed by atoms with E-state index in [-0.39, 0.29) is 12.1 Å². The molecule has 2 aliphatic rings. The molecule has 5 nitrogen and oxygen atoms in total. The second-order valence-electron chi connectivity index (χ2n) is 9.29. The molecule has 1 N–H and O–H groups in total. The van der Waals surface area contributed by atoms with Gasteiger partial charge < -0.3 is 19.5 Å². The number of nitrogens with one attached hydrogen (secondary N) is 1. The molecule has 1 aliphatic heterocycles. The minimum absolute atomic E-state index is 0.0901. The van der Waals surface area contributed by atoms with Gasteiger partial charge in [-0.25, -0.2) is 0 Å². The number of nitrogens with zero attached hydrogens (tertiary/aromatic N) is 3. The van der Waals surface area contributed by atoms with Gasteiger partial charge in [-0.15, -0.1) is 0 Å². The van der Waals surface area contributed by atoms with Gasteiger partial charge in [-0.1, -0.05) is 22.0 Å². The Kier molecular flexibility index (Phi) is 6.50. The van der Waals surface area contributed by atoms with E-state index in [1.54, 1.807) is 0 Å². The number of rotatable bonds is 6. The molecule has 7 heteroatoms. The van der Waals surface area contributed by atoms with Crippen LogP contribution in [0, 0.1) is 0 Å². The molecule has 2 fully saturated rings. The van der Waals surface area contributed by atoms with Crippen molar-refractivity contribution in [3.05, 3.63) is 107 Å². The van der Waals surface area contributed by atoms with Crippen LogP contribution in [0.2, 0.25) is 0 Å². The highest BCUT2D eigenvalue weighted by Crippen LogP contribution is 2.42. The zero-order valence-corrected chi connectivity index (χ0v) is 22.2. The standard InChI is InChI=1S/C29H27BrN4OS/c30-20-10-12-21(13-11-20)33-19-5-9-26(33)28-27(25-8-3-4-18-31-25)32-29(36)34(28)22-14-16-24(17-15-22)35-23-6-1-2-7-23/h3-5,8-19,23,27-28H,1-2,6-7H2,(H,32,36)/t27-,28-/m1/s1. The number of ether oxygens (including phenoxy) is 1. The maximum atomic E-state index is 6.21. The largest absolute Gasteiger partial charge is 0.490 e. The smallest absolute Gasteiger partial charge is 0.174 e. The fraction of sp³-hybridized carbons (Fsp3) is 0.241. The molecule has 1 saturated carbocycles. The van der Waals surface area contributed by atoms with Crippen LogP contribution in [0.25, 0.3) is 5.69 Å².